The molecule has 8 rings (SSSR count). The van der Waals surface area contributed by atoms with E-state index >= 15 is 0 Å². The fourth-order valence-electron chi connectivity index (χ4n) is 6.77. The molecular weight excluding hydrogens is 625 g/mol. The van der Waals surface area contributed by atoms with Crippen molar-refractivity contribution in [2.75, 3.05) is 0 Å². The maximum absolute atomic E-state index is 8.84. The zero-order valence-electron chi connectivity index (χ0n) is 28.2. The Morgan fingerprint density at radius 2 is 1.45 bits per heavy atom. The van der Waals surface area contributed by atoms with Gasteiger partial charge >= 0.3 is 0 Å². The van der Waals surface area contributed by atoms with Crippen molar-refractivity contribution < 1.29 is 4.42 Å². The minimum Gasteiger partial charge on any atom is -0.460 e. The Morgan fingerprint density at radius 3 is 2.22 bits per heavy atom. The highest BCUT2D eigenvalue weighted by Crippen LogP contribution is 2.38. The van der Waals surface area contributed by atoms with E-state index in [-0.39, 0.29) is 17.7 Å². The number of amidine groups is 2. The third kappa shape index (κ3) is 7.34. The van der Waals surface area contributed by atoms with Gasteiger partial charge in [-0.25, -0.2) is 4.99 Å². The lowest BCUT2D eigenvalue weighted by atomic mass is 9.83. The number of allylic oxidation sites excluding steroid dienone is 5. The number of rotatable bonds is 8. The van der Waals surface area contributed by atoms with Crippen LogP contribution in [0.2, 0.25) is 0 Å². The zero-order valence-corrected chi connectivity index (χ0v) is 28.2. The van der Waals surface area contributed by atoms with Crippen molar-refractivity contribution in [1.29, 1.82) is 5.41 Å². The van der Waals surface area contributed by atoms with Crippen molar-refractivity contribution in [3.63, 3.8) is 0 Å². The summed E-state index contributed by atoms with van der Waals surface area (Å²) in [5.74, 6) is 2.00. The molecule has 1 aliphatic carbocycles. The van der Waals surface area contributed by atoms with Crippen molar-refractivity contribution in [3.8, 4) is 0 Å². The highest BCUT2D eigenvalue weighted by atomic mass is 16.3. The minimum atomic E-state index is 0.0343. The molecule has 0 radical (unpaired) electrons. The number of benzene rings is 5. The van der Waals surface area contributed by atoms with Crippen LogP contribution >= 0.6 is 0 Å². The molecular formula is C46H38N4O. The smallest absolute Gasteiger partial charge is 0.154 e. The number of nitrogens with one attached hydrogen (secondary N) is 2. The first-order valence-corrected chi connectivity index (χ1v) is 17.5. The number of aliphatic imine (C=N–C) groups is 2. The Bertz CT molecular complexity index is 2300. The van der Waals surface area contributed by atoms with E-state index in [2.05, 4.69) is 96.4 Å². The number of hydrogen-bond acceptors (Lipinski definition) is 3. The van der Waals surface area contributed by atoms with E-state index in [1.807, 2.05) is 78.9 Å². The number of hydrogen-bond donors (Lipinski definition) is 2. The third-order valence-electron chi connectivity index (χ3n) is 9.50. The molecule has 1 unspecified atom stereocenters. The lowest BCUT2D eigenvalue weighted by Gasteiger charge is -2.25. The second-order valence-corrected chi connectivity index (χ2v) is 13.0. The molecule has 2 atom stereocenters. The Kier molecular flexibility index (Phi) is 9.17. The van der Waals surface area contributed by atoms with Gasteiger partial charge in [-0.05, 0) is 53.8 Å². The fourth-order valence-corrected chi connectivity index (χ4v) is 6.77. The van der Waals surface area contributed by atoms with Crippen molar-refractivity contribution in [2.24, 2.45) is 15.9 Å². The summed E-state index contributed by atoms with van der Waals surface area (Å²) in [6.45, 7) is 0.581. The predicted molar refractivity (Wildman–Crippen MR) is 210 cm³/mol. The molecule has 5 nitrogen and oxygen atoms in total. The molecule has 0 spiro atoms. The first-order chi connectivity index (χ1) is 25.2. The second kappa shape index (κ2) is 14.7. The molecule has 1 aromatic heterocycles. The van der Waals surface area contributed by atoms with Gasteiger partial charge in [0.15, 0.2) is 5.84 Å². The van der Waals surface area contributed by atoms with E-state index in [1.165, 1.54) is 11.1 Å². The maximum atomic E-state index is 8.84. The monoisotopic (exact) mass is 662 g/mol. The average molecular weight is 663 g/mol. The molecule has 2 aliphatic rings. The van der Waals surface area contributed by atoms with Gasteiger partial charge < -0.3 is 9.73 Å². The van der Waals surface area contributed by atoms with Crippen molar-refractivity contribution in [2.45, 2.75) is 25.3 Å². The molecule has 0 bridgehead atoms. The molecule has 51 heavy (non-hydrogen) atoms. The van der Waals surface area contributed by atoms with Gasteiger partial charge in [-0.2, -0.15) is 0 Å². The van der Waals surface area contributed by atoms with Gasteiger partial charge in [0.1, 0.15) is 17.2 Å². The molecule has 5 heteroatoms. The summed E-state index contributed by atoms with van der Waals surface area (Å²) in [6.07, 6.45) is 10.8. The number of fused-ring (bicyclic) bond motifs is 1. The fraction of sp³-hybridized carbons (Fsp3) is 0.109. The van der Waals surface area contributed by atoms with Crippen LogP contribution in [0.15, 0.2) is 184 Å². The summed E-state index contributed by atoms with van der Waals surface area (Å²) in [5.41, 5.74) is 9.21. The molecule has 0 saturated heterocycles. The van der Waals surface area contributed by atoms with Gasteiger partial charge in [0.25, 0.3) is 0 Å². The molecule has 0 saturated carbocycles. The Morgan fingerprint density at radius 1 is 0.745 bits per heavy atom. The minimum absolute atomic E-state index is 0.0343. The lowest BCUT2D eigenvalue weighted by molar-refractivity contribution is 0.526. The summed E-state index contributed by atoms with van der Waals surface area (Å²) in [4.78, 5) is 10.2. The van der Waals surface area contributed by atoms with Crippen molar-refractivity contribution in [1.82, 2.24) is 5.32 Å². The first-order valence-electron chi connectivity index (χ1n) is 17.5. The lowest BCUT2D eigenvalue weighted by Crippen LogP contribution is -2.25. The Hall–Kier alpha value is -6.33. The number of para-hydroxylation sites is 1. The van der Waals surface area contributed by atoms with Crippen LogP contribution in [0.4, 0.5) is 0 Å². The van der Waals surface area contributed by atoms with E-state index < -0.39 is 0 Å². The van der Waals surface area contributed by atoms with Crippen LogP contribution in [0.25, 0.3) is 22.2 Å². The molecule has 0 amide bonds. The number of nitrogens with zero attached hydrogens (tertiary/aromatic N) is 2. The Balaban J connectivity index is 1.15. The normalized spacial score (nSPS) is 17.4. The second-order valence-electron chi connectivity index (χ2n) is 13.0. The SMILES string of the molecule is N=C(/N=C(\NCc1ccccc1)c1cccc(C2=C[C@@H](c3cc4ccccc4o3)CC(C3C=CC(c4ccccc4)=CC3)=N2)c1)c1ccccc1. The molecule has 6 aromatic rings. The van der Waals surface area contributed by atoms with Crippen molar-refractivity contribution in [3.05, 3.63) is 203 Å². The summed E-state index contributed by atoms with van der Waals surface area (Å²) >= 11 is 0. The topological polar surface area (TPSA) is 73.7 Å². The third-order valence-corrected chi connectivity index (χ3v) is 9.50. The summed E-state index contributed by atoms with van der Waals surface area (Å²) in [6, 6.07) is 49.1. The average Bonchev–Trinajstić information content (AvgIpc) is 3.65. The molecule has 2 N–H and O–H groups in total. The quantitative estimate of drug-likeness (QED) is 0.126. The molecule has 248 valence electrons. The van der Waals surface area contributed by atoms with Crippen LogP contribution in [0.3, 0.4) is 0 Å². The van der Waals surface area contributed by atoms with Gasteiger partial charge in [-0.3, -0.25) is 10.4 Å². The highest BCUT2D eigenvalue weighted by molar-refractivity contribution is 6.10. The van der Waals surface area contributed by atoms with Gasteiger partial charge in [0, 0.05) is 46.2 Å². The molecule has 1 aliphatic heterocycles. The summed E-state index contributed by atoms with van der Waals surface area (Å²) in [7, 11) is 0. The van der Waals surface area contributed by atoms with Gasteiger partial charge in [-0.15, -0.1) is 0 Å². The van der Waals surface area contributed by atoms with E-state index in [1.54, 1.807) is 0 Å². The summed E-state index contributed by atoms with van der Waals surface area (Å²) < 4.78 is 6.44. The van der Waals surface area contributed by atoms with Crippen LogP contribution < -0.4 is 5.32 Å². The standard InChI is InChI=1S/C46H38N4O/c47-45(36-17-8-3-9-18-36)50-46(48-31-32-13-4-1-5-14-32)39-21-12-20-37(27-39)42-29-40(44-30-38-19-10-11-22-43(38)51-44)28-41(49-42)35-25-23-34(24-26-35)33-15-6-2-7-16-33/h1-25,27,29-30,35,40H,26,28,31H2,(H2,47,48,50)/t35?,40-/m0/s1. The van der Waals surface area contributed by atoms with Crippen LogP contribution in [-0.4, -0.2) is 17.4 Å². The van der Waals surface area contributed by atoms with Crippen LogP contribution in [-0.2, 0) is 6.54 Å². The van der Waals surface area contributed by atoms with E-state index in [0.717, 1.165) is 63.2 Å². The zero-order chi connectivity index (χ0) is 34.4. The van der Waals surface area contributed by atoms with Gasteiger partial charge in [-0.1, -0.05) is 146 Å². The Labute approximate surface area is 298 Å². The van der Waals surface area contributed by atoms with E-state index in [9.17, 15) is 0 Å². The number of furan rings is 1. The largest absolute Gasteiger partial charge is 0.460 e. The molecule has 5 aromatic carbocycles. The van der Waals surface area contributed by atoms with Gasteiger partial charge in [0.2, 0.25) is 0 Å². The molecule has 2 heterocycles. The molecule has 0 fully saturated rings. The first kappa shape index (κ1) is 31.9. The highest BCUT2D eigenvalue weighted by Gasteiger charge is 2.27. The van der Waals surface area contributed by atoms with Crippen LogP contribution in [0.5, 0.6) is 0 Å². The van der Waals surface area contributed by atoms with Gasteiger partial charge in [0.05, 0.1) is 5.70 Å². The predicted octanol–water partition coefficient (Wildman–Crippen LogP) is 10.6. The van der Waals surface area contributed by atoms with Crippen LogP contribution in [0.1, 0.15) is 52.3 Å². The van der Waals surface area contributed by atoms with Crippen molar-refractivity contribution >= 4 is 39.6 Å². The van der Waals surface area contributed by atoms with E-state index in [0.29, 0.717) is 12.4 Å². The maximum Gasteiger partial charge on any atom is 0.154 e. The van der Waals surface area contributed by atoms with Crippen LogP contribution in [0, 0.1) is 11.3 Å². The summed E-state index contributed by atoms with van der Waals surface area (Å²) in [5, 5.41) is 13.5. The van der Waals surface area contributed by atoms with E-state index in [4.69, 9.17) is 19.8 Å².